The molecule has 0 unspecified atom stereocenters. The van der Waals surface area contributed by atoms with Crippen LogP contribution in [0.25, 0.3) is 0 Å². The van der Waals surface area contributed by atoms with Crippen LogP contribution >= 0.6 is 11.3 Å². The van der Waals surface area contributed by atoms with Gasteiger partial charge in [-0.05, 0) is 26.1 Å². The number of aliphatic imine (C=N–C) groups is 1. The van der Waals surface area contributed by atoms with Crippen LogP contribution in [-0.2, 0) is 4.79 Å². The summed E-state index contributed by atoms with van der Waals surface area (Å²) in [5.41, 5.74) is 0.793. The molecule has 1 heterocycles. The highest BCUT2D eigenvalue weighted by Gasteiger charge is 2.07. The Morgan fingerprint density at radius 2 is 2.35 bits per heavy atom. The van der Waals surface area contributed by atoms with E-state index in [0.29, 0.717) is 5.13 Å². The van der Waals surface area contributed by atoms with Crippen molar-refractivity contribution in [1.29, 1.82) is 0 Å². The number of amides is 1. The Morgan fingerprint density at radius 1 is 1.59 bits per heavy atom. The normalized spacial score (nSPS) is 11.8. The molecule has 1 amide bonds. The van der Waals surface area contributed by atoms with E-state index in [-0.39, 0.29) is 12.3 Å². The Kier molecular flexibility index (Phi) is 5.22. The van der Waals surface area contributed by atoms with E-state index in [1.54, 1.807) is 6.20 Å². The summed E-state index contributed by atoms with van der Waals surface area (Å²) >= 11 is 1.34. The van der Waals surface area contributed by atoms with E-state index in [4.69, 9.17) is 0 Å². The van der Waals surface area contributed by atoms with Crippen LogP contribution in [-0.4, -0.2) is 22.8 Å². The maximum atomic E-state index is 11.7. The van der Waals surface area contributed by atoms with Gasteiger partial charge in [0, 0.05) is 6.20 Å². The van der Waals surface area contributed by atoms with Gasteiger partial charge in [-0.15, -0.1) is 10.2 Å². The fourth-order valence-corrected chi connectivity index (χ4v) is 1.78. The summed E-state index contributed by atoms with van der Waals surface area (Å²) in [5, 5.41) is 11.6. The number of anilines is 1. The minimum absolute atomic E-state index is 0.144. The quantitative estimate of drug-likeness (QED) is 0.644. The summed E-state index contributed by atoms with van der Waals surface area (Å²) in [6, 6.07) is 0. The smallest absolute Gasteiger partial charge is 0.230 e. The molecule has 6 heteroatoms. The van der Waals surface area contributed by atoms with E-state index in [0.717, 1.165) is 10.6 Å². The molecule has 0 aromatic carbocycles. The highest BCUT2D eigenvalue weighted by Crippen LogP contribution is 2.15. The number of nitrogens with zero attached hydrogens (tertiary/aromatic N) is 3. The Morgan fingerprint density at radius 3 is 2.88 bits per heavy atom. The summed E-state index contributed by atoms with van der Waals surface area (Å²) in [6.07, 6.45) is 5.46. The lowest BCUT2D eigenvalue weighted by Crippen LogP contribution is -2.11. The molecule has 0 fully saturated rings. The first-order chi connectivity index (χ1) is 8.15. The molecule has 5 nitrogen and oxygen atoms in total. The van der Waals surface area contributed by atoms with E-state index in [1.807, 2.05) is 26.0 Å². The van der Waals surface area contributed by atoms with Crippen LogP contribution < -0.4 is 5.32 Å². The van der Waals surface area contributed by atoms with Crippen molar-refractivity contribution >= 4 is 29.1 Å². The average Bonchev–Trinajstić information content (AvgIpc) is 2.64. The third-order valence-corrected chi connectivity index (χ3v) is 2.53. The summed E-state index contributed by atoms with van der Waals surface area (Å²) in [4.78, 5) is 15.3. The van der Waals surface area contributed by atoms with Crippen LogP contribution in [0.3, 0.4) is 0 Å². The van der Waals surface area contributed by atoms with Gasteiger partial charge in [0.2, 0.25) is 11.0 Å². The zero-order valence-corrected chi connectivity index (χ0v) is 10.6. The highest BCUT2D eigenvalue weighted by molar-refractivity contribution is 7.15. The van der Waals surface area contributed by atoms with E-state index in [2.05, 4.69) is 27.2 Å². The first kappa shape index (κ1) is 13.2. The van der Waals surface area contributed by atoms with Crippen LogP contribution in [0, 0.1) is 6.92 Å². The molecule has 1 rings (SSSR count). The summed E-state index contributed by atoms with van der Waals surface area (Å²) in [5.74, 6) is -0.144. The second-order valence-electron chi connectivity index (χ2n) is 3.24. The Balaban J connectivity index is 2.59. The first-order valence-corrected chi connectivity index (χ1v) is 5.85. The van der Waals surface area contributed by atoms with Gasteiger partial charge in [-0.1, -0.05) is 23.5 Å². The summed E-state index contributed by atoms with van der Waals surface area (Å²) < 4.78 is 0. The zero-order chi connectivity index (χ0) is 12.7. The molecule has 0 atom stereocenters. The molecule has 1 N–H and O–H groups in total. The van der Waals surface area contributed by atoms with Gasteiger partial charge in [0.1, 0.15) is 5.01 Å². The lowest BCUT2D eigenvalue weighted by atomic mass is 10.2. The highest BCUT2D eigenvalue weighted by atomic mass is 32.1. The van der Waals surface area contributed by atoms with Crippen molar-refractivity contribution in [2.75, 3.05) is 5.32 Å². The Bertz CT molecular complexity index is 462. The molecular weight excluding hydrogens is 236 g/mol. The van der Waals surface area contributed by atoms with Crippen molar-refractivity contribution in [3.63, 3.8) is 0 Å². The number of carbonyl (C=O) groups excluding carboxylic acids is 1. The molecule has 90 valence electrons. The topological polar surface area (TPSA) is 67.2 Å². The third kappa shape index (κ3) is 4.69. The number of carbonyl (C=O) groups is 1. The fraction of sp³-hybridized carbons (Fsp3) is 0.273. The van der Waals surface area contributed by atoms with Crippen LogP contribution in [0.1, 0.15) is 18.4 Å². The number of nitrogens with one attached hydrogen (secondary N) is 1. The largest absolute Gasteiger partial charge is 0.300 e. The SMILES string of the molecule is C=N/C=C(\C=C/C)CC(=O)Nc1nnc(C)s1. The monoisotopic (exact) mass is 250 g/mol. The van der Waals surface area contributed by atoms with Gasteiger partial charge in [-0.3, -0.25) is 9.79 Å². The molecule has 0 saturated heterocycles. The van der Waals surface area contributed by atoms with Crippen molar-refractivity contribution in [3.8, 4) is 0 Å². The van der Waals surface area contributed by atoms with Crippen LogP contribution in [0.15, 0.2) is 28.9 Å². The molecule has 17 heavy (non-hydrogen) atoms. The lowest BCUT2D eigenvalue weighted by molar-refractivity contribution is -0.115. The minimum atomic E-state index is -0.144. The first-order valence-electron chi connectivity index (χ1n) is 5.03. The molecule has 1 aromatic heterocycles. The number of rotatable bonds is 5. The molecule has 1 aromatic rings. The third-order valence-electron chi connectivity index (χ3n) is 1.77. The van der Waals surface area contributed by atoms with Gasteiger partial charge in [0.05, 0.1) is 6.42 Å². The predicted molar refractivity (Wildman–Crippen MR) is 70.3 cm³/mol. The zero-order valence-electron chi connectivity index (χ0n) is 9.80. The Hall–Kier alpha value is -1.82. The van der Waals surface area contributed by atoms with Crippen molar-refractivity contribution in [3.05, 3.63) is 28.9 Å². The van der Waals surface area contributed by atoms with Gasteiger partial charge < -0.3 is 5.32 Å². The standard InChI is InChI=1S/C11H14N4OS/c1-4-5-9(7-12-3)6-10(16)13-11-15-14-8(2)17-11/h4-5,7H,3,6H2,1-2H3,(H,13,15,16)/b5-4-,9-7+. The maximum absolute atomic E-state index is 11.7. The summed E-state index contributed by atoms with van der Waals surface area (Å²) in [7, 11) is 0. The van der Waals surface area contributed by atoms with Gasteiger partial charge >= 0.3 is 0 Å². The molecule has 0 aliphatic heterocycles. The van der Waals surface area contributed by atoms with Crippen molar-refractivity contribution < 1.29 is 4.79 Å². The maximum Gasteiger partial charge on any atom is 0.230 e. The molecule has 0 radical (unpaired) electrons. The number of hydrogen-bond donors (Lipinski definition) is 1. The van der Waals surface area contributed by atoms with Gasteiger partial charge in [0.25, 0.3) is 0 Å². The second kappa shape index (κ2) is 6.70. The summed E-state index contributed by atoms with van der Waals surface area (Å²) in [6.45, 7) is 7.08. The minimum Gasteiger partial charge on any atom is -0.300 e. The van der Waals surface area contributed by atoms with Crippen LogP contribution in [0.4, 0.5) is 5.13 Å². The van der Waals surface area contributed by atoms with E-state index in [1.165, 1.54) is 11.3 Å². The number of aromatic nitrogens is 2. The van der Waals surface area contributed by atoms with Gasteiger partial charge in [-0.25, -0.2) is 0 Å². The lowest BCUT2D eigenvalue weighted by Gasteiger charge is -2.01. The van der Waals surface area contributed by atoms with Crippen molar-refractivity contribution in [2.45, 2.75) is 20.3 Å². The van der Waals surface area contributed by atoms with Crippen molar-refractivity contribution in [1.82, 2.24) is 10.2 Å². The number of hydrogen-bond acceptors (Lipinski definition) is 5. The molecule has 0 spiro atoms. The molecule has 0 bridgehead atoms. The van der Waals surface area contributed by atoms with Crippen molar-refractivity contribution in [2.24, 2.45) is 4.99 Å². The van der Waals surface area contributed by atoms with Gasteiger partial charge in [-0.2, -0.15) is 0 Å². The molecule has 0 saturated carbocycles. The molecule has 0 aliphatic rings. The number of allylic oxidation sites excluding steroid dienone is 2. The molecule has 0 aliphatic carbocycles. The fourth-order valence-electron chi connectivity index (χ4n) is 1.17. The average molecular weight is 250 g/mol. The predicted octanol–water partition coefficient (Wildman–Crippen LogP) is 2.34. The Labute approximate surface area is 104 Å². The number of aryl methyl sites for hydroxylation is 1. The van der Waals surface area contributed by atoms with Crippen LogP contribution in [0.5, 0.6) is 0 Å². The molecular formula is C11H14N4OS. The van der Waals surface area contributed by atoms with E-state index < -0.39 is 0 Å². The van der Waals surface area contributed by atoms with Gasteiger partial charge in [0.15, 0.2) is 0 Å². The van der Waals surface area contributed by atoms with Crippen LogP contribution in [0.2, 0.25) is 0 Å². The van der Waals surface area contributed by atoms with E-state index >= 15 is 0 Å². The second-order valence-corrected chi connectivity index (χ2v) is 4.42. The van der Waals surface area contributed by atoms with E-state index in [9.17, 15) is 4.79 Å².